The quantitative estimate of drug-likeness (QED) is 0.473. The summed E-state index contributed by atoms with van der Waals surface area (Å²) in [6.45, 7) is 0.948. The van der Waals surface area contributed by atoms with Crippen molar-refractivity contribution in [3.8, 4) is 0 Å². The van der Waals surface area contributed by atoms with Crippen molar-refractivity contribution in [2.24, 2.45) is 0 Å². The third-order valence-corrected chi connectivity index (χ3v) is 4.70. The predicted molar refractivity (Wildman–Crippen MR) is 65.7 cm³/mol. The molecule has 1 rings (SSSR count). The van der Waals surface area contributed by atoms with E-state index in [0.717, 1.165) is 0 Å². The third-order valence-electron chi connectivity index (χ3n) is 2.71. The molecule has 0 aromatic rings. The van der Waals surface area contributed by atoms with E-state index in [1.165, 1.54) is 0 Å². The normalized spacial score (nSPS) is 20.2. The van der Waals surface area contributed by atoms with Gasteiger partial charge in [-0.1, -0.05) is 0 Å². The zero-order chi connectivity index (χ0) is 14.7. The van der Waals surface area contributed by atoms with Gasteiger partial charge in [-0.25, -0.2) is 0 Å². The van der Waals surface area contributed by atoms with E-state index in [1.807, 2.05) is 4.90 Å². The van der Waals surface area contributed by atoms with Gasteiger partial charge in [0.1, 0.15) is 5.75 Å². The number of rotatable bonds is 8. The first kappa shape index (κ1) is 16.7. The van der Waals surface area contributed by atoms with E-state index in [0.29, 0.717) is 26.1 Å². The highest BCUT2D eigenvalue weighted by molar-refractivity contribution is 7.90. The minimum Gasteiger partial charge on any atom is -0.300 e. The van der Waals surface area contributed by atoms with Crippen molar-refractivity contribution in [1.29, 1.82) is 0 Å². The highest BCUT2D eigenvalue weighted by atomic mass is 32.2. The van der Waals surface area contributed by atoms with Crippen LogP contribution < -0.4 is 5.32 Å². The Labute approximate surface area is 111 Å². The maximum atomic E-state index is 11.9. The van der Waals surface area contributed by atoms with E-state index >= 15 is 0 Å². The SMILES string of the molecule is O=S(=O)(O)CC(NC1CN(CCCF)C1)S(=O)(=O)O. The monoisotopic (exact) mass is 320 g/mol. The maximum absolute atomic E-state index is 11.9. The number of likely N-dealkylation sites (tertiary alicyclic amines) is 1. The summed E-state index contributed by atoms with van der Waals surface area (Å²) in [6, 6.07) is -0.326. The lowest BCUT2D eigenvalue weighted by atomic mass is 10.1. The summed E-state index contributed by atoms with van der Waals surface area (Å²) in [6.07, 6.45) is 0.374. The molecule has 1 heterocycles. The molecule has 0 radical (unpaired) electrons. The molecule has 3 N–H and O–H groups in total. The molecule has 114 valence electrons. The molecule has 0 saturated carbocycles. The zero-order valence-electron chi connectivity index (χ0n) is 10.1. The van der Waals surface area contributed by atoms with Crippen molar-refractivity contribution in [3.63, 3.8) is 0 Å². The van der Waals surface area contributed by atoms with Crippen molar-refractivity contribution in [2.75, 3.05) is 32.1 Å². The molecule has 0 aromatic heterocycles. The summed E-state index contributed by atoms with van der Waals surface area (Å²) >= 11 is 0. The van der Waals surface area contributed by atoms with Crippen LogP contribution in [0, 0.1) is 0 Å². The molecule has 11 heteroatoms. The zero-order valence-corrected chi connectivity index (χ0v) is 11.7. The minimum absolute atomic E-state index is 0.326. The Bertz CT molecular complexity index is 487. The molecule has 0 spiro atoms. The van der Waals surface area contributed by atoms with E-state index in [9.17, 15) is 21.2 Å². The van der Waals surface area contributed by atoms with Crippen LogP contribution in [0.1, 0.15) is 6.42 Å². The fourth-order valence-electron chi connectivity index (χ4n) is 1.82. The van der Waals surface area contributed by atoms with Gasteiger partial charge in [-0.3, -0.25) is 18.8 Å². The largest absolute Gasteiger partial charge is 0.300 e. The summed E-state index contributed by atoms with van der Waals surface area (Å²) in [4.78, 5) is 1.85. The van der Waals surface area contributed by atoms with E-state index in [2.05, 4.69) is 5.32 Å². The molecule has 0 aliphatic carbocycles. The Morgan fingerprint density at radius 3 is 2.26 bits per heavy atom. The number of halogens is 1. The Hall–Kier alpha value is -0.330. The fourth-order valence-corrected chi connectivity index (χ4v) is 3.86. The summed E-state index contributed by atoms with van der Waals surface area (Å²) in [7, 11) is -9.16. The second-order valence-electron chi connectivity index (χ2n) is 4.42. The molecular weight excluding hydrogens is 303 g/mol. The van der Waals surface area contributed by atoms with E-state index in [-0.39, 0.29) is 6.04 Å². The van der Waals surface area contributed by atoms with E-state index in [4.69, 9.17) is 9.11 Å². The Morgan fingerprint density at radius 1 is 1.26 bits per heavy atom. The highest BCUT2D eigenvalue weighted by Crippen LogP contribution is 2.11. The molecule has 0 aromatic carbocycles. The van der Waals surface area contributed by atoms with Gasteiger partial charge >= 0.3 is 0 Å². The number of hydrogen-bond donors (Lipinski definition) is 3. The number of nitrogens with zero attached hydrogens (tertiary/aromatic N) is 1. The average Bonchev–Trinajstić information content (AvgIpc) is 2.16. The standard InChI is InChI=1S/C8H17FN2O6S2/c9-2-1-3-11-4-7(5-11)10-8(19(15,16)17)6-18(12,13)14/h7-8,10H,1-6H2,(H,12,13,14)(H,15,16,17). The first-order valence-electron chi connectivity index (χ1n) is 5.57. The van der Waals surface area contributed by atoms with Gasteiger partial charge in [0.25, 0.3) is 20.2 Å². The van der Waals surface area contributed by atoms with Gasteiger partial charge in [0.2, 0.25) is 0 Å². The summed E-state index contributed by atoms with van der Waals surface area (Å²) < 4.78 is 72.8. The van der Waals surface area contributed by atoms with Gasteiger partial charge in [-0.2, -0.15) is 16.8 Å². The number of alkyl halides is 1. The number of nitrogens with one attached hydrogen (secondary N) is 1. The molecular formula is C8H17FN2O6S2. The van der Waals surface area contributed by atoms with Crippen LogP contribution in [0.4, 0.5) is 4.39 Å². The Morgan fingerprint density at radius 2 is 1.84 bits per heavy atom. The summed E-state index contributed by atoms with van der Waals surface area (Å²) in [5.41, 5.74) is 0. The van der Waals surface area contributed by atoms with Gasteiger partial charge in [-0.15, -0.1) is 0 Å². The molecule has 1 saturated heterocycles. The smallest absolute Gasteiger partial charge is 0.282 e. The lowest BCUT2D eigenvalue weighted by molar-refractivity contribution is 0.120. The van der Waals surface area contributed by atoms with Crippen LogP contribution in [0.5, 0.6) is 0 Å². The lowest BCUT2D eigenvalue weighted by Gasteiger charge is -2.40. The summed E-state index contributed by atoms with van der Waals surface area (Å²) in [5, 5.41) is 0.676. The predicted octanol–water partition coefficient (Wildman–Crippen LogP) is -1.28. The molecule has 0 bridgehead atoms. The minimum atomic E-state index is -4.63. The van der Waals surface area contributed by atoms with Crippen molar-refractivity contribution < 1.29 is 30.3 Å². The molecule has 1 unspecified atom stereocenters. The lowest BCUT2D eigenvalue weighted by Crippen LogP contribution is -2.62. The fraction of sp³-hybridized carbons (Fsp3) is 1.00. The van der Waals surface area contributed by atoms with Gasteiger partial charge < -0.3 is 4.90 Å². The molecule has 19 heavy (non-hydrogen) atoms. The third kappa shape index (κ3) is 6.10. The van der Waals surface area contributed by atoms with Crippen LogP contribution in [0.2, 0.25) is 0 Å². The Kier molecular flexibility index (Phi) is 5.65. The summed E-state index contributed by atoms with van der Waals surface area (Å²) in [5.74, 6) is -1.12. The van der Waals surface area contributed by atoms with Crippen molar-refractivity contribution in [2.45, 2.75) is 17.8 Å². The average molecular weight is 320 g/mol. The molecule has 1 aliphatic heterocycles. The van der Waals surface area contributed by atoms with Gasteiger partial charge in [0, 0.05) is 25.7 Å². The first-order chi connectivity index (χ1) is 8.62. The van der Waals surface area contributed by atoms with Crippen molar-refractivity contribution in [3.05, 3.63) is 0 Å². The molecule has 8 nitrogen and oxygen atoms in total. The topological polar surface area (TPSA) is 124 Å². The van der Waals surface area contributed by atoms with Crippen molar-refractivity contribution >= 4 is 20.2 Å². The van der Waals surface area contributed by atoms with Gasteiger partial charge in [0.15, 0.2) is 5.37 Å². The second-order valence-corrected chi connectivity index (χ2v) is 7.51. The number of hydrogen-bond acceptors (Lipinski definition) is 6. The molecule has 0 amide bonds. The molecule has 1 atom stereocenters. The first-order valence-corrected chi connectivity index (χ1v) is 8.69. The highest BCUT2D eigenvalue weighted by Gasteiger charge is 2.34. The van der Waals surface area contributed by atoms with Crippen LogP contribution in [0.25, 0.3) is 0 Å². The maximum Gasteiger partial charge on any atom is 0.282 e. The molecule has 1 fully saturated rings. The Balaban J connectivity index is 2.48. The van der Waals surface area contributed by atoms with Crippen molar-refractivity contribution in [1.82, 2.24) is 10.2 Å². The van der Waals surface area contributed by atoms with E-state index in [1.54, 1.807) is 0 Å². The second kappa shape index (κ2) is 6.41. The van der Waals surface area contributed by atoms with Gasteiger partial charge in [-0.05, 0) is 6.42 Å². The van der Waals surface area contributed by atoms with Crippen LogP contribution in [0.3, 0.4) is 0 Å². The van der Waals surface area contributed by atoms with Crippen LogP contribution >= 0.6 is 0 Å². The van der Waals surface area contributed by atoms with Crippen LogP contribution in [-0.4, -0.2) is 74.3 Å². The molecule has 1 aliphatic rings. The van der Waals surface area contributed by atoms with Crippen LogP contribution in [0.15, 0.2) is 0 Å². The van der Waals surface area contributed by atoms with Crippen LogP contribution in [-0.2, 0) is 20.2 Å². The van der Waals surface area contributed by atoms with Gasteiger partial charge in [0.05, 0.1) is 6.67 Å². The van der Waals surface area contributed by atoms with E-state index < -0.39 is 38.0 Å².